The van der Waals surface area contributed by atoms with Crippen LogP contribution in [0.1, 0.15) is 5.56 Å². The zero-order valence-corrected chi connectivity index (χ0v) is 15.3. The number of carbonyl (C=O) groups is 1. The van der Waals surface area contributed by atoms with Crippen LogP contribution >= 0.6 is 35.0 Å². The van der Waals surface area contributed by atoms with Crippen LogP contribution in [0.15, 0.2) is 59.5 Å². The van der Waals surface area contributed by atoms with Crippen molar-refractivity contribution in [2.45, 2.75) is 11.8 Å². The van der Waals surface area contributed by atoms with Crippen LogP contribution < -0.4 is 5.32 Å². The smallest absolute Gasteiger partial charge is 0.234 e. The number of rotatable bonds is 4. The molecular formula is C19H15Cl2NOS. The summed E-state index contributed by atoms with van der Waals surface area (Å²) >= 11 is 13.9. The summed E-state index contributed by atoms with van der Waals surface area (Å²) in [5.41, 5.74) is 1.68. The van der Waals surface area contributed by atoms with Crippen molar-refractivity contribution in [3.8, 4) is 0 Å². The molecule has 0 spiro atoms. The molecule has 0 heterocycles. The van der Waals surface area contributed by atoms with E-state index in [0.717, 1.165) is 21.2 Å². The second-order valence-electron chi connectivity index (χ2n) is 5.41. The average molecular weight is 376 g/mol. The van der Waals surface area contributed by atoms with Crippen LogP contribution in [0.2, 0.25) is 10.0 Å². The molecule has 0 radical (unpaired) electrons. The van der Waals surface area contributed by atoms with Crippen LogP contribution in [0.4, 0.5) is 5.69 Å². The van der Waals surface area contributed by atoms with E-state index in [2.05, 4.69) is 5.32 Å². The van der Waals surface area contributed by atoms with Gasteiger partial charge in [0.25, 0.3) is 0 Å². The molecule has 3 aromatic rings. The van der Waals surface area contributed by atoms with E-state index in [1.54, 1.807) is 0 Å². The summed E-state index contributed by atoms with van der Waals surface area (Å²) in [7, 11) is 0. The summed E-state index contributed by atoms with van der Waals surface area (Å²) in [4.78, 5) is 13.2. The number of anilines is 1. The Morgan fingerprint density at radius 1 is 1.04 bits per heavy atom. The van der Waals surface area contributed by atoms with Gasteiger partial charge in [-0.25, -0.2) is 0 Å². The maximum absolute atomic E-state index is 12.2. The molecule has 2 nitrogen and oxygen atoms in total. The van der Waals surface area contributed by atoms with Gasteiger partial charge in [-0.1, -0.05) is 53.5 Å². The molecule has 0 saturated carbocycles. The molecule has 0 aliphatic carbocycles. The van der Waals surface area contributed by atoms with E-state index in [1.807, 2.05) is 61.5 Å². The fourth-order valence-electron chi connectivity index (χ4n) is 2.43. The van der Waals surface area contributed by atoms with Crippen LogP contribution in [0, 0.1) is 6.92 Å². The van der Waals surface area contributed by atoms with E-state index in [9.17, 15) is 4.79 Å². The second kappa shape index (κ2) is 7.47. The van der Waals surface area contributed by atoms with Gasteiger partial charge in [0.2, 0.25) is 5.91 Å². The topological polar surface area (TPSA) is 29.1 Å². The maximum Gasteiger partial charge on any atom is 0.234 e. The molecule has 0 aliphatic heterocycles. The van der Waals surface area contributed by atoms with E-state index < -0.39 is 0 Å². The molecule has 1 N–H and O–H groups in total. The number of fused-ring (bicyclic) bond motifs is 1. The lowest BCUT2D eigenvalue weighted by molar-refractivity contribution is -0.113. The molecule has 0 saturated heterocycles. The van der Waals surface area contributed by atoms with E-state index in [1.165, 1.54) is 11.8 Å². The molecule has 0 bridgehead atoms. The predicted molar refractivity (Wildman–Crippen MR) is 105 cm³/mol. The average Bonchev–Trinajstić information content (AvgIpc) is 2.56. The first kappa shape index (κ1) is 17.2. The summed E-state index contributed by atoms with van der Waals surface area (Å²) in [6.07, 6.45) is 0. The minimum atomic E-state index is -0.102. The minimum Gasteiger partial charge on any atom is -0.324 e. The van der Waals surface area contributed by atoms with Gasteiger partial charge in [0.15, 0.2) is 0 Å². The Bertz CT molecular complexity index is 906. The summed E-state index contributed by atoms with van der Waals surface area (Å²) in [6.45, 7) is 1.96. The quantitative estimate of drug-likeness (QED) is 0.551. The molecule has 3 aromatic carbocycles. The molecule has 24 heavy (non-hydrogen) atoms. The standard InChI is InChI=1S/C19H15Cl2NOS/c1-12-8-9-16(15(21)10-12)22-18(23)11-24-17-7-3-5-13-4-2-6-14(20)19(13)17/h2-10H,11H2,1H3,(H,22,23). The number of nitrogens with one attached hydrogen (secondary N) is 1. The summed E-state index contributed by atoms with van der Waals surface area (Å²) < 4.78 is 0. The third-order valence-electron chi connectivity index (χ3n) is 3.57. The van der Waals surface area contributed by atoms with E-state index in [4.69, 9.17) is 23.2 Å². The SMILES string of the molecule is Cc1ccc(NC(=O)CSc2cccc3cccc(Cl)c23)c(Cl)c1. The highest BCUT2D eigenvalue weighted by Crippen LogP contribution is 2.33. The van der Waals surface area contributed by atoms with E-state index >= 15 is 0 Å². The predicted octanol–water partition coefficient (Wildman–Crippen LogP) is 6.19. The lowest BCUT2D eigenvalue weighted by Crippen LogP contribution is -2.14. The van der Waals surface area contributed by atoms with Gasteiger partial charge in [0, 0.05) is 15.3 Å². The molecule has 0 atom stereocenters. The number of aryl methyl sites for hydroxylation is 1. The van der Waals surface area contributed by atoms with Crippen molar-refractivity contribution in [2.24, 2.45) is 0 Å². The zero-order valence-electron chi connectivity index (χ0n) is 13.0. The van der Waals surface area contributed by atoms with Gasteiger partial charge in [-0.2, -0.15) is 0 Å². The van der Waals surface area contributed by atoms with Gasteiger partial charge in [0.1, 0.15) is 0 Å². The fourth-order valence-corrected chi connectivity index (χ4v) is 3.96. The molecule has 3 rings (SSSR count). The number of benzene rings is 3. The molecule has 0 aliphatic rings. The van der Waals surface area contributed by atoms with Gasteiger partial charge < -0.3 is 5.32 Å². The van der Waals surface area contributed by atoms with Crippen molar-refractivity contribution < 1.29 is 4.79 Å². The highest BCUT2D eigenvalue weighted by molar-refractivity contribution is 8.00. The molecule has 122 valence electrons. The third-order valence-corrected chi connectivity index (χ3v) is 5.26. The van der Waals surface area contributed by atoms with Crippen LogP contribution in [-0.2, 0) is 4.79 Å². The highest BCUT2D eigenvalue weighted by atomic mass is 35.5. The van der Waals surface area contributed by atoms with Gasteiger partial charge in [-0.3, -0.25) is 4.79 Å². The zero-order chi connectivity index (χ0) is 17.1. The van der Waals surface area contributed by atoms with E-state index in [-0.39, 0.29) is 11.7 Å². The molecule has 0 aromatic heterocycles. The molecule has 0 fully saturated rings. The molecular weight excluding hydrogens is 361 g/mol. The Labute approximate surface area is 155 Å². The van der Waals surface area contributed by atoms with Crippen LogP contribution in [0.3, 0.4) is 0 Å². The van der Waals surface area contributed by atoms with Crippen LogP contribution in [0.25, 0.3) is 10.8 Å². The van der Waals surface area contributed by atoms with Crippen molar-refractivity contribution in [1.29, 1.82) is 0 Å². The lowest BCUT2D eigenvalue weighted by atomic mass is 10.1. The number of carbonyl (C=O) groups excluding carboxylic acids is 1. The minimum absolute atomic E-state index is 0.102. The largest absolute Gasteiger partial charge is 0.324 e. The number of thioether (sulfide) groups is 1. The van der Waals surface area contributed by atoms with Crippen LogP contribution in [-0.4, -0.2) is 11.7 Å². The monoisotopic (exact) mass is 375 g/mol. The number of hydrogen-bond donors (Lipinski definition) is 1. The molecule has 0 unspecified atom stereocenters. The lowest BCUT2D eigenvalue weighted by Gasteiger charge is -2.10. The Kier molecular flexibility index (Phi) is 5.34. The van der Waals surface area contributed by atoms with Crippen molar-refractivity contribution >= 4 is 57.3 Å². The number of amides is 1. The number of halogens is 2. The molecule has 5 heteroatoms. The van der Waals surface area contributed by atoms with E-state index in [0.29, 0.717) is 15.7 Å². The highest BCUT2D eigenvalue weighted by Gasteiger charge is 2.10. The van der Waals surface area contributed by atoms with Crippen molar-refractivity contribution in [2.75, 3.05) is 11.1 Å². The van der Waals surface area contributed by atoms with Gasteiger partial charge in [-0.15, -0.1) is 11.8 Å². The maximum atomic E-state index is 12.2. The summed E-state index contributed by atoms with van der Waals surface area (Å²) in [5.74, 6) is 0.184. The first-order valence-corrected chi connectivity index (χ1v) is 9.15. The van der Waals surface area contributed by atoms with Gasteiger partial charge >= 0.3 is 0 Å². The Balaban J connectivity index is 1.73. The normalized spacial score (nSPS) is 10.8. The van der Waals surface area contributed by atoms with Gasteiger partial charge in [0.05, 0.1) is 16.5 Å². The Morgan fingerprint density at radius 2 is 1.79 bits per heavy atom. The summed E-state index contributed by atoms with van der Waals surface area (Å²) in [5, 5.41) is 6.12. The summed E-state index contributed by atoms with van der Waals surface area (Å²) in [6, 6.07) is 17.3. The Morgan fingerprint density at radius 3 is 2.54 bits per heavy atom. The molecule has 1 amide bonds. The van der Waals surface area contributed by atoms with Crippen molar-refractivity contribution in [1.82, 2.24) is 0 Å². The third kappa shape index (κ3) is 3.86. The van der Waals surface area contributed by atoms with Gasteiger partial charge in [-0.05, 0) is 42.1 Å². The Hall–Kier alpha value is -1.68. The van der Waals surface area contributed by atoms with Crippen molar-refractivity contribution in [3.63, 3.8) is 0 Å². The number of hydrogen-bond acceptors (Lipinski definition) is 2. The van der Waals surface area contributed by atoms with Crippen LogP contribution in [0.5, 0.6) is 0 Å². The first-order valence-electron chi connectivity index (χ1n) is 7.40. The van der Waals surface area contributed by atoms with Crippen molar-refractivity contribution in [3.05, 3.63) is 70.2 Å². The first-order chi connectivity index (χ1) is 11.5. The fraction of sp³-hybridized carbons (Fsp3) is 0.105. The second-order valence-corrected chi connectivity index (χ2v) is 7.25.